The Balaban J connectivity index is 1.40. The van der Waals surface area contributed by atoms with Crippen LogP contribution in [0.4, 0.5) is 0 Å². The first-order valence-corrected chi connectivity index (χ1v) is 14.6. The zero-order valence-corrected chi connectivity index (χ0v) is 24.9. The third kappa shape index (κ3) is 4.73. The lowest BCUT2D eigenvalue weighted by atomic mass is 9.94. The van der Waals surface area contributed by atoms with Gasteiger partial charge in [0.25, 0.3) is 5.91 Å². The fourth-order valence-electron chi connectivity index (χ4n) is 6.32. The molecule has 1 amide bonds. The van der Waals surface area contributed by atoms with Crippen molar-refractivity contribution in [2.24, 2.45) is 0 Å². The van der Waals surface area contributed by atoms with Crippen LogP contribution in [0.3, 0.4) is 0 Å². The normalized spacial score (nSPS) is 14.7. The molecule has 1 unspecified atom stereocenters. The third-order valence-electron chi connectivity index (χ3n) is 8.47. The van der Waals surface area contributed by atoms with Crippen LogP contribution in [-0.4, -0.2) is 47.6 Å². The zero-order chi connectivity index (χ0) is 29.4. The predicted octanol–water partition coefficient (Wildman–Crippen LogP) is 6.49. The van der Waals surface area contributed by atoms with E-state index in [1.165, 1.54) is 16.5 Å². The van der Waals surface area contributed by atoms with Gasteiger partial charge in [0, 0.05) is 24.7 Å². The second kappa shape index (κ2) is 11.4. The number of amides is 1. The number of hydrogen-bond acceptors (Lipinski definition) is 5. The van der Waals surface area contributed by atoms with Gasteiger partial charge in [-0.3, -0.25) is 4.79 Å². The Morgan fingerprint density at radius 1 is 0.952 bits per heavy atom. The van der Waals surface area contributed by atoms with Crippen molar-refractivity contribution in [3.8, 4) is 17.2 Å². The summed E-state index contributed by atoms with van der Waals surface area (Å²) >= 11 is 0. The largest absolute Gasteiger partial charge is 0.493 e. The van der Waals surface area contributed by atoms with E-state index in [1.54, 1.807) is 14.2 Å². The molecule has 0 spiro atoms. The number of carbonyl (C=O) groups is 1. The second-order valence-corrected chi connectivity index (χ2v) is 10.8. The van der Waals surface area contributed by atoms with Gasteiger partial charge >= 0.3 is 0 Å². The van der Waals surface area contributed by atoms with Crippen molar-refractivity contribution in [1.29, 1.82) is 0 Å². The van der Waals surface area contributed by atoms with Crippen LogP contribution in [0.1, 0.15) is 53.5 Å². The maximum Gasteiger partial charge on any atom is 0.261 e. The molecule has 0 saturated heterocycles. The topological polar surface area (TPSA) is 65.3 Å². The molecule has 6 rings (SSSR count). The number of imidazole rings is 1. The number of rotatable bonds is 8. The van der Waals surface area contributed by atoms with Crippen molar-refractivity contribution >= 4 is 22.3 Å². The Morgan fingerprint density at radius 3 is 2.50 bits per heavy atom. The lowest BCUT2D eigenvalue weighted by Gasteiger charge is -2.36. The Hall–Kier alpha value is -4.52. The lowest BCUT2D eigenvalue weighted by molar-refractivity contribution is -0.135. The number of carbonyl (C=O) groups excluding carboxylic acids is 1. The summed E-state index contributed by atoms with van der Waals surface area (Å²) in [6, 6.07) is 20.0. The number of aromatic nitrogens is 2. The number of pyridine rings is 1. The van der Waals surface area contributed by atoms with Gasteiger partial charge in [-0.2, -0.15) is 0 Å². The van der Waals surface area contributed by atoms with E-state index in [9.17, 15) is 4.79 Å². The molecule has 0 N–H and O–H groups in total. The highest BCUT2D eigenvalue weighted by Crippen LogP contribution is 2.40. The molecule has 0 saturated carbocycles. The molecule has 0 bridgehead atoms. The molecular weight excluding hydrogens is 526 g/mol. The summed E-state index contributed by atoms with van der Waals surface area (Å²) in [5.74, 6) is 1.94. The van der Waals surface area contributed by atoms with Crippen LogP contribution >= 0.6 is 0 Å². The van der Waals surface area contributed by atoms with Crippen molar-refractivity contribution in [3.63, 3.8) is 0 Å². The molecule has 7 heteroatoms. The second-order valence-electron chi connectivity index (χ2n) is 10.8. The summed E-state index contributed by atoms with van der Waals surface area (Å²) in [4.78, 5) is 21.0. The monoisotopic (exact) mass is 563 g/mol. The molecule has 1 aliphatic heterocycles. The van der Waals surface area contributed by atoms with Crippen LogP contribution in [0, 0.1) is 6.92 Å². The number of ether oxygens (including phenoxy) is 3. The predicted molar refractivity (Wildman–Crippen MR) is 165 cm³/mol. The Morgan fingerprint density at radius 2 is 1.74 bits per heavy atom. The molecule has 3 aromatic carbocycles. The van der Waals surface area contributed by atoms with Gasteiger partial charge in [-0.05, 0) is 71.5 Å². The fraction of sp³-hybridized carbons (Fsp3) is 0.314. The molecule has 0 radical (unpaired) electrons. The standard InChI is InChI=1S/C35H37N3O4/c1-6-23-19-32-36-28-16-17-37(33(39)21-42-29-14-12-24-10-8-9-11-27(24)26(29)7-2)34(35(28)38(32)20-22(23)3)25-13-15-30(40-4)31(18-25)41-5/h8-15,18-20,34H,6-7,16-17,21H2,1-5H3. The van der Waals surface area contributed by atoms with Crippen molar-refractivity contribution in [1.82, 2.24) is 14.3 Å². The van der Waals surface area contributed by atoms with Crippen LogP contribution in [0.15, 0.2) is 66.9 Å². The first-order chi connectivity index (χ1) is 20.5. The molecule has 0 fully saturated rings. The summed E-state index contributed by atoms with van der Waals surface area (Å²) in [6.45, 7) is 6.89. The summed E-state index contributed by atoms with van der Waals surface area (Å²) in [5.41, 5.74) is 7.44. The van der Waals surface area contributed by atoms with Gasteiger partial charge in [0.15, 0.2) is 18.1 Å². The van der Waals surface area contributed by atoms with E-state index < -0.39 is 0 Å². The first-order valence-electron chi connectivity index (χ1n) is 14.6. The minimum Gasteiger partial charge on any atom is -0.493 e. The lowest BCUT2D eigenvalue weighted by Crippen LogP contribution is -2.43. The number of aryl methyl sites for hydroxylation is 3. The van der Waals surface area contributed by atoms with Gasteiger partial charge in [0.1, 0.15) is 11.4 Å². The summed E-state index contributed by atoms with van der Waals surface area (Å²) < 4.78 is 19.6. The minimum absolute atomic E-state index is 0.0553. The third-order valence-corrected chi connectivity index (χ3v) is 8.47. The molecule has 0 aliphatic carbocycles. The van der Waals surface area contributed by atoms with E-state index in [4.69, 9.17) is 19.2 Å². The van der Waals surface area contributed by atoms with Gasteiger partial charge < -0.3 is 23.5 Å². The Bertz CT molecular complexity index is 1790. The molecule has 1 aliphatic rings. The van der Waals surface area contributed by atoms with E-state index in [1.807, 2.05) is 41.3 Å². The van der Waals surface area contributed by atoms with Crippen LogP contribution in [0.25, 0.3) is 16.4 Å². The van der Waals surface area contributed by atoms with E-state index in [0.29, 0.717) is 24.5 Å². The number of benzene rings is 3. The molecular formula is C35H37N3O4. The van der Waals surface area contributed by atoms with Crippen LogP contribution < -0.4 is 14.2 Å². The maximum absolute atomic E-state index is 14.0. The molecule has 3 heterocycles. The molecule has 2 aromatic heterocycles. The highest BCUT2D eigenvalue weighted by Gasteiger charge is 2.36. The first kappa shape index (κ1) is 27.6. The van der Waals surface area contributed by atoms with Crippen molar-refractivity contribution in [2.45, 2.75) is 46.1 Å². The average molecular weight is 564 g/mol. The Kier molecular flexibility index (Phi) is 7.50. The van der Waals surface area contributed by atoms with E-state index >= 15 is 0 Å². The smallest absolute Gasteiger partial charge is 0.261 e. The fourth-order valence-corrected chi connectivity index (χ4v) is 6.32. The van der Waals surface area contributed by atoms with Gasteiger partial charge in [-0.1, -0.05) is 50.2 Å². The summed E-state index contributed by atoms with van der Waals surface area (Å²) in [7, 11) is 3.25. The summed E-state index contributed by atoms with van der Waals surface area (Å²) in [6.07, 6.45) is 4.58. The molecule has 42 heavy (non-hydrogen) atoms. The van der Waals surface area contributed by atoms with E-state index in [-0.39, 0.29) is 18.6 Å². The van der Waals surface area contributed by atoms with Gasteiger partial charge in [-0.25, -0.2) is 4.98 Å². The molecule has 216 valence electrons. The number of hydrogen-bond donors (Lipinski definition) is 0. The van der Waals surface area contributed by atoms with Gasteiger partial charge in [-0.15, -0.1) is 0 Å². The average Bonchev–Trinajstić information content (AvgIpc) is 3.39. The van der Waals surface area contributed by atoms with Crippen molar-refractivity contribution < 1.29 is 19.0 Å². The van der Waals surface area contributed by atoms with Gasteiger partial charge in [0.2, 0.25) is 0 Å². The molecule has 7 nitrogen and oxygen atoms in total. The van der Waals surface area contributed by atoms with Gasteiger partial charge in [0.05, 0.1) is 31.6 Å². The summed E-state index contributed by atoms with van der Waals surface area (Å²) in [5, 5.41) is 2.32. The van der Waals surface area contributed by atoms with E-state index in [2.05, 4.69) is 55.6 Å². The number of nitrogens with zero attached hydrogens (tertiary/aromatic N) is 3. The van der Waals surface area contributed by atoms with Crippen LogP contribution in [-0.2, 0) is 24.1 Å². The van der Waals surface area contributed by atoms with Crippen LogP contribution in [0.5, 0.6) is 17.2 Å². The number of fused-ring (bicyclic) bond motifs is 4. The number of methoxy groups -OCH3 is 2. The Labute approximate surface area is 246 Å². The minimum atomic E-state index is -0.367. The zero-order valence-electron chi connectivity index (χ0n) is 24.9. The van der Waals surface area contributed by atoms with Crippen molar-refractivity contribution in [3.05, 3.63) is 101 Å². The molecule has 5 aromatic rings. The quantitative estimate of drug-likeness (QED) is 0.216. The highest BCUT2D eigenvalue weighted by atomic mass is 16.5. The highest BCUT2D eigenvalue weighted by molar-refractivity contribution is 5.88. The maximum atomic E-state index is 14.0. The van der Waals surface area contributed by atoms with E-state index in [0.717, 1.165) is 52.1 Å². The molecule has 1 atom stereocenters. The SMILES string of the molecule is CCc1cc2nc3c(n2cc1C)C(c1ccc(OC)c(OC)c1)N(C(=O)COc1ccc2ccccc2c1CC)CC3. The van der Waals surface area contributed by atoms with Crippen LogP contribution in [0.2, 0.25) is 0 Å². The van der Waals surface area contributed by atoms with Crippen molar-refractivity contribution in [2.75, 3.05) is 27.4 Å².